The third kappa shape index (κ3) is 3.49. The minimum absolute atomic E-state index is 0.297. The summed E-state index contributed by atoms with van der Waals surface area (Å²) in [6.07, 6.45) is 0. The van der Waals surface area contributed by atoms with Gasteiger partial charge in [-0.25, -0.2) is 4.98 Å². The van der Waals surface area contributed by atoms with Crippen molar-refractivity contribution in [1.82, 2.24) is 4.98 Å². The first-order valence-electron chi connectivity index (χ1n) is 7.68. The molecule has 0 aliphatic rings. The third-order valence-electron chi connectivity index (χ3n) is 3.73. The molecule has 5 nitrogen and oxygen atoms in total. The number of para-hydroxylation sites is 1. The van der Waals surface area contributed by atoms with Gasteiger partial charge in [0.15, 0.2) is 0 Å². The van der Waals surface area contributed by atoms with Gasteiger partial charge in [0.2, 0.25) is 0 Å². The molecule has 6 heteroatoms. The monoisotopic (exact) mass is 354 g/mol. The Morgan fingerprint density at radius 3 is 2.32 bits per heavy atom. The normalized spacial score (nSPS) is 10.4. The number of hydrogen-bond acceptors (Lipinski definition) is 5. The van der Waals surface area contributed by atoms with Crippen LogP contribution in [0.1, 0.15) is 15.4 Å². The summed E-state index contributed by atoms with van der Waals surface area (Å²) in [5.74, 6) is 0.617. The second kappa shape index (κ2) is 7.36. The van der Waals surface area contributed by atoms with E-state index in [1.165, 1.54) is 14.2 Å². The molecule has 0 saturated carbocycles. The maximum Gasteiger partial charge on any atom is 0.263 e. The van der Waals surface area contributed by atoms with E-state index in [0.29, 0.717) is 22.7 Å². The molecule has 1 aromatic heterocycles. The van der Waals surface area contributed by atoms with Crippen LogP contribution in [0.5, 0.6) is 11.5 Å². The van der Waals surface area contributed by atoms with Gasteiger partial charge in [0.05, 0.1) is 30.6 Å². The summed E-state index contributed by atoms with van der Waals surface area (Å²) in [5, 5.41) is 5.90. The number of amides is 1. The topological polar surface area (TPSA) is 60.5 Å². The fraction of sp³-hybridized carbons (Fsp3) is 0.158. The third-order valence-corrected chi connectivity index (χ3v) is 4.50. The van der Waals surface area contributed by atoms with Crippen molar-refractivity contribution in [3.63, 3.8) is 0 Å². The Kier molecular flexibility index (Phi) is 5.00. The van der Waals surface area contributed by atoms with Gasteiger partial charge in [-0.2, -0.15) is 0 Å². The van der Waals surface area contributed by atoms with Gasteiger partial charge in [-0.1, -0.05) is 24.3 Å². The molecule has 0 saturated heterocycles. The summed E-state index contributed by atoms with van der Waals surface area (Å²) in [4.78, 5) is 17.4. The van der Waals surface area contributed by atoms with Crippen LogP contribution in [0.25, 0.3) is 11.3 Å². The second-order valence-electron chi connectivity index (χ2n) is 5.29. The highest BCUT2D eigenvalue weighted by Crippen LogP contribution is 2.32. The predicted molar refractivity (Wildman–Crippen MR) is 99.8 cm³/mol. The Labute approximate surface area is 150 Å². The number of hydrogen-bond donors (Lipinski definition) is 1. The molecule has 3 rings (SSSR count). The quantitative estimate of drug-likeness (QED) is 0.738. The molecule has 25 heavy (non-hydrogen) atoms. The van der Waals surface area contributed by atoms with Crippen molar-refractivity contribution in [2.45, 2.75) is 6.92 Å². The number of carbonyl (C=O) groups is 1. The number of anilines is 1. The lowest BCUT2D eigenvalue weighted by Crippen LogP contribution is -2.15. The minimum Gasteiger partial charge on any atom is -0.496 e. The van der Waals surface area contributed by atoms with Crippen molar-refractivity contribution in [2.24, 2.45) is 0 Å². The molecular weight excluding hydrogens is 336 g/mol. The Balaban J connectivity index is 1.98. The minimum atomic E-state index is -0.297. The van der Waals surface area contributed by atoms with E-state index in [2.05, 4.69) is 10.3 Å². The summed E-state index contributed by atoms with van der Waals surface area (Å²) in [5.41, 5.74) is 2.75. The highest BCUT2D eigenvalue weighted by molar-refractivity contribution is 7.09. The Morgan fingerprint density at radius 1 is 1.04 bits per heavy atom. The lowest BCUT2D eigenvalue weighted by atomic mass is 10.1. The molecule has 0 unspecified atom stereocenters. The summed E-state index contributed by atoms with van der Waals surface area (Å²) < 4.78 is 10.6. The van der Waals surface area contributed by atoms with E-state index < -0.39 is 0 Å². The molecule has 0 bridgehead atoms. The number of methoxy groups -OCH3 is 2. The van der Waals surface area contributed by atoms with Gasteiger partial charge in [0, 0.05) is 10.9 Å². The molecule has 3 aromatic rings. The summed E-state index contributed by atoms with van der Waals surface area (Å²) >= 11 is 1.57. The lowest BCUT2D eigenvalue weighted by Gasteiger charge is -2.14. The number of aryl methyl sites for hydroxylation is 1. The van der Waals surface area contributed by atoms with Gasteiger partial charge < -0.3 is 14.8 Å². The Morgan fingerprint density at radius 2 is 1.72 bits per heavy atom. The first-order chi connectivity index (χ1) is 12.1. The SMILES string of the molecule is COc1cccc(OC)c1C(=O)Nc1ccccc1-c1csc(C)n1. The van der Waals surface area contributed by atoms with Crippen LogP contribution in [-0.2, 0) is 0 Å². The average Bonchev–Trinajstić information content (AvgIpc) is 3.07. The van der Waals surface area contributed by atoms with Crippen molar-refractivity contribution in [2.75, 3.05) is 19.5 Å². The van der Waals surface area contributed by atoms with Crippen molar-refractivity contribution in [3.8, 4) is 22.8 Å². The largest absolute Gasteiger partial charge is 0.496 e. The zero-order valence-corrected chi connectivity index (χ0v) is 15.0. The molecule has 1 heterocycles. The van der Waals surface area contributed by atoms with Crippen LogP contribution >= 0.6 is 11.3 Å². The number of benzene rings is 2. The van der Waals surface area contributed by atoms with Gasteiger partial charge in [0.1, 0.15) is 17.1 Å². The van der Waals surface area contributed by atoms with Crippen LogP contribution in [0.2, 0.25) is 0 Å². The standard InChI is InChI=1S/C19H18N2O3S/c1-12-20-15(11-25-12)13-7-4-5-8-14(13)21-19(22)18-16(23-2)9-6-10-17(18)24-3/h4-11H,1-3H3,(H,21,22). The van der Waals surface area contributed by atoms with Crippen molar-refractivity contribution >= 4 is 22.9 Å². The highest BCUT2D eigenvalue weighted by Gasteiger charge is 2.19. The van der Waals surface area contributed by atoms with Crippen molar-refractivity contribution < 1.29 is 14.3 Å². The summed E-state index contributed by atoms with van der Waals surface area (Å²) in [7, 11) is 3.05. The second-order valence-corrected chi connectivity index (χ2v) is 6.35. The maximum atomic E-state index is 12.9. The van der Waals surface area contributed by atoms with Crippen molar-refractivity contribution in [3.05, 3.63) is 58.4 Å². The van der Waals surface area contributed by atoms with Gasteiger partial charge in [-0.05, 0) is 25.1 Å². The van der Waals surface area contributed by atoms with E-state index in [-0.39, 0.29) is 5.91 Å². The Bertz CT molecular complexity index is 883. The van der Waals surface area contributed by atoms with Crippen LogP contribution in [0, 0.1) is 6.92 Å². The van der Waals surface area contributed by atoms with Gasteiger partial charge in [0.25, 0.3) is 5.91 Å². The van der Waals surface area contributed by atoms with Crippen molar-refractivity contribution in [1.29, 1.82) is 0 Å². The van der Waals surface area contributed by atoms with E-state index >= 15 is 0 Å². The molecule has 0 radical (unpaired) electrons. The smallest absolute Gasteiger partial charge is 0.263 e. The number of nitrogens with zero attached hydrogens (tertiary/aromatic N) is 1. The van der Waals surface area contributed by atoms with Gasteiger partial charge >= 0.3 is 0 Å². The fourth-order valence-corrected chi connectivity index (χ4v) is 3.18. The first kappa shape index (κ1) is 17.0. The molecule has 2 aromatic carbocycles. The van der Waals surface area contributed by atoms with Crippen LogP contribution < -0.4 is 14.8 Å². The van der Waals surface area contributed by atoms with E-state index in [1.807, 2.05) is 36.6 Å². The molecule has 0 spiro atoms. The number of thiazole rings is 1. The molecular formula is C19H18N2O3S. The van der Waals surface area contributed by atoms with Crippen LogP contribution in [0.3, 0.4) is 0 Å². The Hall–Kier alpha value is -2.86. The summed E-state index contributed by atoms with van der Waals surface area (Å²) in [6.45, 7) is 1.95. The maximum absolute atomic E-state index is 12.9. The number of carbonyl (C=O) groups excluding carboxylic acids is 1. The zero-order chi connectivity index (χ0) is 17.8. The van der Waals surface area contributed by atoms with Crippen LogP contribution in [-0.4, -0.2) is 25.1 Å². The van der Waals surface area contributed by atoms with Crippen LogP contribution in [0.15, 0.2) is 47.8 Å². The van der Waals surface area contributed by atoms with Gasteiger partial charge in [-0.3, -0.25) is 4.79 Å². The molecule has 0 atom stereocenters. The number of nitrogens with one attached hydrogen (secondary N) is 1. The van der Waals surface area contributed by atoms with E-state index in [0.717, 1.165) is 16.3 Å². The van der Waals surface area contributed by atoms with Crippen LogP contribution in [0.4, 0.5) is 5.69 Å². The predicted octanol–water partition coefficient (Wildman–Crippen LogP) is 4.39. The molecule has 0 aliphatic carbocycles. The fourth-order valence-electron chi connectivity index (χ4n) is 2.56. The molecule has 1 N–H and O–H groups in total. The lowest BCUT2D eigenvalue weighted by molar-refractivity contribution is 0.102. The molecule has 128 valence electrons. The van der Waals surface area contributed by atoms with E-state index in [9.17, 15) is 4.79 Å². The highest BCUT2D eigenvalue weighted by atomic mass is 32.1. The molecule has 1 amide bonds. The molecule has 0 fully saturated rings. The first-order valence-corrected chi connectivity index (χ1v) is 8.56. The van der Waals surface area contributed by atoms with E-state index in [4.69, 9.17) is 9.47 Å². The molecule has 0 aliphatic heterocycles. The number of rotatable bonds is 5. The van der Waals surface area contributed by atoms with Gasteiger partial charge in [-0.15, -0.1) is 11.3 Å². The summed E-state index contributed by atoms with van der Waals surface area (Å²) in [6, 6.07) is 12.8. The van der Waals surface area contributed by atoms with E-state index in [1.54, 1.807) is 29.5 Å². The number of ether oxygens (including phenoxy) is 2. The average molecular weight is 354 g/mol. The zero-order valence-electron chi connectivity index (χ0n) is 14.2. The number of aromatic nitrogens is 1.